The first-order valence-corrected chi connectivity index (χ1v) is 6.86. The third kappa shape index (κ3) is 3.18. The second-order valence-corrected chi connectivity index (χ2v) is 5.29. The molecule has 21 heavy (non-hydrogen) atoms. The van der Waals surface area contributed by atoms with Crippen molar-refractivity contribution >= 4 is 5.91 Å². The van der Waals surface area contributed by atoms with Gasteiger partial charge in [0, 0.05) is 0 Å². The minimum Gasteiger partial charge on any atom is -0.334 e. The van der Waals surface area contributed by atoms with Crippen LogP contribution in [0.2, 0.25) is 0 Å². The molecule has 1 saturated carbocycles. The maximum Gasteiger partial charge on any atom is 0.255 e. The van der Waals surface area contributed by atoms with Gasteiger partial charge in [0.25, 0.3) is 5.91 Å². The number of nitrogens with zero attached hydrogens (tertiary/aromatic N) is 1. The number of nitriles is 1. The Bertz CT molecular complexity index is 587. The Morgan fingerprint density at radius 2 is 1.71 bits per heavy atom. The SMILES string of the molecule is N#CC1(NC(=O)c2ccc(F)c(F)c2F)CCCCCC1. The molecule has 0 saturated heterocycles. The molecule has 0 heterocycles. The molecule has 0 spiro atoms. The first kappa shape index (κ1) is 15.4. The number of nitrogens with one attached hydrogen (secondary N) is 1. The lowest BCUT2D eigenvalue weighted by Crippen LogP contribution is -2.47. The van der Waals surface area contributed by atoms with E-state index in [1.807, 2.05) is 0 Å². The molecule has 1 aromatic rings. The van der Waals surface area contributed by atoms with E-state index in [-0.39, 0.29) is 0 Å². The average molecular weight is 296 g/mol. The quantitative estimate of drug-likeness (QED) is 0.671. The van der Waals surface area contributed by atoms with Gasteiger partial charge >= 0.3 is 0 Å². The fourth-order valence-corrected chi connectivity index (χ4v) is 2.58. The molecule has 6 heteroatoms. The molecule has 0 bridgehead atoms. The van der Waals surface area contributed by atoms with Gasteiger partial charge in [0.15, 0.2) is 17.5 Å². The Labute approximate surface area is 120 Å². The summed E-state index contributed by atoms with van der Waals surface area (Å²) in [5.41, 5.74) is -1.65. The van der Waals surface area contributed by atoms with Crippen molar-refractivity contribution in [3.8, 4) is 6.07 Å². The minimum atomic E-state index is -1.69. The molecule has 3 nitrogen and oxygen atoms in total. The van der Waals surface area contributed by atoms with E-state index in [9.17, 15) is 23.2 Å². The third-order valence-electron chi connectivity index (χ3n) is 3.80. The van der Waals surface area contributed by atoms with E-state index < -0.39 is 34.5 Å². The number of halogens is 3. The van der Waals surface area contributed by atoms with E-state index in [1.165, 1.54) is 0 Å². The van der Waals surface area contributed by atoms with Crippen LogP contribution in [0.15, 0.2) is 12.1 Å². The molecular formula is C15H15F3N2O. The molecule has 112 valence electrons. The highest BCUT2D eigenvalue weighted by Crippen LogP contribution is 2.27. The van der Waals surface area contributed by atoms with E-state index in [1.54, 1.807) is 0 Å². The average Bonchev–Trinajstić information content (AvgIpc) is 2.71. The van der Waals surface area contributed by atoms with Crippen molar-refractivity contribution in [2.24, 2.45) is 0 Å². The molecule has 0 unspecified atom stereocenters. The van der Waals surface area contributed by atoms with Gasteiger partial charge in [-0.3, -0.25) is 4.79 Å². The number of benzene rings is 1. The molecule has 1 N–H and O–H groups in total. The van der Waals surface area contributed by atoms with E-state index in [2.05, 4.69) is 11.4 Å². The first-order chi connectivity index (χ1) is 9.99. The second-order valence-electron chi connectivity index (χ2n) is 5.29. The first-order valence-electron chi connectivity index (χ1n) is 6.86. The Balaban J connectivity index is 2.24. The normalized spacial score (nSPS) is 17.6. The smallest absolute Gasteiger partial charge is 0.255 e. The topological polar surface area (TPSA) is 52.9 Å². The van der Waals surface area contributed by atoms with Gasteiger partial charge in [0.2, 0.25) is 0 Å². The molecule has 0 aliphatic heterocycles. The monoisotopic (exact) mass is 296 g/mol. The highest BCUT2D eigenvalue weighted by atomic mass is 19.2. The minimum absolute atomic E-state index is 0.473. The number of amides is 1. The number of hydrogen-bond donors (Lipinski definition) is 1. The fraction of sp³-hybridized carbons (Fsp3) is 0.467. The molecular weight excluding hydrogens is 281 g/mol. The molecule has 0 radical (unpaired) electrons. The molecule has 1 aromatic carbocycles. The molecule has 2 rings (SSSR count). The van der Waals surface area contributed by atoms with Crippen LogP contribution in [0.5, 0.6) is 0 Å². The zero-order valence-electron chi connectivity index (χ0n) is 11.4. The number of rotatable bonds is 2. The summed E-state index contributed by atoms with van der Waals surface area (Å²) in [6.07, 6.45) is 4.46. The number of carbonyl (C=O) groups is 1. The van der Waals surface area contributed by atoms with Gasteiger partial charge in [-0.25, -0.2) is 13.2 Å². The van der Waals surface area contributed by atoms with Gasteiger partial charge in [-0.15, -0.1) is 0 Å². The zero-order chi connectivity index (χ0) is 15.5. The largest absolute Gasteiger partial charge is 0.334 e. The van der Waals surface area contributed by atoms with Crippen molar-refractivity contribution in [2.75, 3.05) is 0 Å². The zero-order valence-corrected chi connectivity index (χ0v) is 11.4. The summed E-state index contributed by atoms with van der Waals surface area (Å²) in [6, 6.07) is 3.66. The van der Waals surface area contributed by atoms with Gasteiger partial charge in [0.05, 0.1) is 11.6 Å². The van der Waals surface area contributed by atoms with Gasteiger partial charge in [-0.05, 0) is 25.0 Å². The Morgan fingerprint density at radius 1 is 1.10 bits per heavy atom. The van der Waals surface area contributed by atoms with Crippen molar-refractivity contribution < 1.29 is 18.0 Å². The van der Waals surface area contributed by atoms with Gasteiger partial charge in [-0.2, -0.15) is 5.26 Å². The van der Waals surface area contributed by atoms with Crippen LogP contribution in [0.4, 0.5) is 13.2 Å². The van der Waals surface area contributed by atoms with Gasteiger partial charge < -0.3 is 5.32 Å². The molecule has 1 fully saturated rings. The van der Waals surface area contributed by atoms with Crippen LogP contribution in [0.25, 0.3) is 0 Å². The standard InChI is InChI=1S/C15H15F3N2O/c16-11-6-5-10(12(17)13(11)18)14(21)20-15(9-19)7-3-1-2-4-8-15/h5-6H,1-4,7-8H2,(H,20,21). The Hall–Kier alpha value is -2.03. The maximum atomic E-state index is 13.6. The predicted octanol–water partition coefficient (Wildman–Crippen LogP) is 3.45. The van der Waals surface area contributed by atoms with Gasteiger partial charge in [0.1, 0.15) is 5.54 Å². The van der Waals surface area contributed by atoms with Crippen LogP contribution >= 0.6 is 0 Å². The van der Waals surface area contributed by atoms with Crippen molar-refractivity contribution in [3.63, 3.8) is 0 Å². The number of hydrogen-bond acceptors (Lipinski definition) is 2. The summed E-state index contributed by atoms with van der Waals surface area (Å²) in [5, 5.41) is 11.8. The summed E-state index contributed by atoms with van der Waals surface area (Å²) in [7, 11) is 0. The summed E-state index contributed by atoms with van der Waals surface area (Å²) in [6.45, 7) is 0. The summed E-state index contributed by atoms with van der Waals surface area (Å²) in [5.74, 6) is -5.47. The van der Waals surface area contributed by atoms with Crippen LogP contribution in [0, 0.1) is 28.8 Å². The maximum absolute atomic E-state index is 13.6. The number of carbonyl (C=O) groups excluding carboxylic acids is 1. The van der Waals surface area contributed by atoms with Crippen molar-refractivity contribution in [1.82, 2.24) is 5.32 Å². The highest BCUT2D eigenvalue weighted by Gasteiger charge is 2.33. The Kier molecular flexibility index (Phi) is 4.51. The van der Waals surface area contributed by atoms with Crippen LogP contribution < -0.4 is 5.32 Å². The van der Waals surface area contributed by atoms with E-state index in [4.69, 9.17) is 0 Å². The Morgan fingerprint density at radius 3 is 2.29 bits per heavy atom. The van der Waals surface area contributed by atoms with Crippen LogP contribution in [-0.4, -0.2) is 11.4 Å². The van der Waals surface area contributed by atoms with Crippen molar-refractivity contribution in [1.29, 1.82) is 5.26 Å². The third-order valence-corrected chi connectivity index (χ3v) is 3.80. The summed E-state index contributed by atoms with van der Waals surface area (Å²) < 4.78 is 39.7. The van der Waals surface area contributed by atoms with Crippen LogP contribution in [-0.2, 0) is 0 Å². The lowest BCUT2D eigenvalue weighted by molar-refractivity contribution is 0.0907. The van der Waals surface area contributed by atoms with Crippen molar-refractivity contribution in [3.05, 3.63) is 35.1 Å². The second kappa shape index (κ2) is 6.17. The van der Waals surface area contributed by atoms with Gasteiger partial charge in [-0.1, -0.05) is 25.7 Å². The van der Waals surface area contributed by atoms with E-state index in [0.29, 0.717) is 18.9 Å². The van der Waals surface area contributed by atoms with Crippen LogP contribution in [0.1, 0.15) is 48.9 Å². The van der Waals surface area contributed by atoms with E-state index >= 15 is 0 Å². The van der Waals surface area contributed by atoms with E-state index in [0.717, 1.165) is 31.7 Å². The summed E-state index contributed by atoms with van der Waals surface area (Å²) >= 11 is 0. The molecule has 1 aliphatic rings. The fourth-order valence-electron chi connectivity index (χ4n) is 2.58. The molecule has 1 amide bonds. The molecule has 1 aliphatic carbocycles. The molecule has 0 atom stereocenters. The molecule has 0 aromatic heterocycles. The van der Waals surface area contributed by atoms with Crippen LogP contribution in [0.3, 0.4) is 0 Å². The summed E-state index contributed by atoms with van der Waals surface area (Å²) in [4.78, 5) is 12.1. The highest BCUT2D eigenvalue weighted by molar-refractivity contribution is 5.95. The lowest BCUT2D eigenvalue weighted by atomic mass is 9.91. The van der Waals surface area contributed by atoms with Crippen molar-refractivity contribution in [2.45, 2.75) is 44.1 Å². The lowest BCUT2D eigenvalue weighted by Gasteiger charge is -2.26. The predicted molar refractivity (Wildman–Crippen MR) is 69.8 cm³/mol.